The van der Waals surface area contributed by atoms with Crippen molar-refractivity contribution >= 4 is 39.0 Å². The fourth-order valence-corrected chi connectivity index (χ4v) is 1.41. The van der Waals surface area contributed by atoms with E-state index in [4.69, 9.17) is 17.3 Å². The highest BCUT2D eigenvalue weighted by Gasteiger charge is 2.10. The highest BCUT2D eigenvalue weighted by atomic mass is 79.9. The number of nitrogens with two attached hydrogens (primary N) is 1. The first-order valence-electron chi connectivity index (χ1n) is 3.40. The summed E-state index contributed by atoms with van der Waals surface area (Å²) in [6.45, 7) is 0. The molecule has 0 atom stereocenters. The second-order valence-electron chi connectivity index (χ2n) is 2.41. The maximum Gasteiger partial charge on any atom is 0.177 e. The third-order valence-corrected chi connectivity index (χ3v) is 2.42. The smallest absolute Gasteiger partial charge is 0.177 e. The summed E-state index contributed by atoms with van der Waals surface area (Å²) in [5, 5.41) is 0. The summed E-state index contributed by atoms with van der Waals surface area (Å²) in [7, 11) is 0. The molecule has 0 aliphatic heterocycles. The molecule has 1 aromatic rings. The van der Waals surface area contributed by atoms with E-state index in [1.54, 1.807) is 0 Å². The van der Waals surface area contributed by atoms with E-state index in [2.05, 4.69) is 15.9 Å². The van der Waals surface area contributed by atoms with Crippen LogP contribution < -0.4 is 5.73 Å². The fourth-order valence-electron chi connectivity index (χ4n) is 0.822. The molecule has 0 amide bonds. The Balaban J connectivity index is 3.20. The van der Waals surface area contributed by atoms with Gasteiger partial charge >= 0.3 is 0 Å². The highest BCUT2D eigenvalue weighted by Crippen LogP contribution is 2.24. The van der Waals surface area contributed by atoms with Crippen LogP contribution in [0, 0.1) is 5.82 Å². The van der Waals surface area contributed by atoms with Crippen LogP contribution in [-0.2, 0) is 0 Å². The molecule has 0 radical (unpaired) electrons. The average molecular weight is 266 g/mol. The molecule has 5 heteroatoms. The predicted molar refractivity (Wildman–Crippen MR) is 53.6 cm³/mol. The van der Waals surface area contributed by atoms with E-state index in [1.165, 1.54) is 6.07 Å². The van der Waals surface area contributed by atoms with Gasteiger partial charge in [0.15, 0.2) is 5.78 Å². The number of hydrogen-bond acceptors (Lipinski definition) is 2. The molecule has 1 rings (SSSR count). The van der Waals surface area contributed by atoms with Crippen molar-refractivity contribution in [1.82, 2.24) is 0 Å². The van der Waals surface area contributed by atoms with Gasteiger partial charge in [-0.05, 0) is 28.1 Å². The number of halogens is 3. The van der Waals surface area contributed by atoms with Crippen molar-refractivity contribution in [2.75, 3.05) is 11.6 Å². The van der Waals surface area contributed by atoms with E-state index < -0.39 is 5.82 Å². The molecule has 0 aliphatic rings. The molecule has 0 bridgehead atoms. The summed E-state index contributed by atoms with van der Waals surface area (Å²) in [6, 6.07) is 2.52. The van der Waals surface area contributed by atoms with Gasteiger partial charge in [0.2, 0.25) is 0 Å². The van der Waals surface area contributed by atoms with E-state index in [1.807, 2.05) is 0 Å². The zero-order chi connectivity index (χ0) is 10.0. The van der Waals surface area contributed by atoms with Gasteiger partial charge in [-0.1, -0.05) is 0 Å². The Hall–Kier alpha value is -0.610. The molecule has 0 saturated heterocycles. The number of carbonyl (C=O) groups excluding carboxylic acids is 1. The number of Topliss-reactive ketones (excluding diaryl/α,β-unsaturated/α-hetero) is 1. The number of anilines is 1. The SMILES string of the molecule is Nc1c(F)cc(C(=O)CCl)cc1Br. The first kappa shape index (κ1) is 10.5. The van der Waals surface area contributed by atoms with Gasteiger partial charge in [0.05, 0.1) is 11.6 Å². The number of benzene rings is 1. The summed E-state index contributed by atoms with van der Waals surface area (Å²) in [6.07, 6.45) is 0. The molecular weight excluding hydrogens is 260 g/mol. The maximum atomic E-state index is 13.0. The molecule has 2 N–H and O–H groups in total. The van der Waals surface area contributed by atoms with Crippen molar-refractivity contribution in [3.63, 3.8) is 0 Å². The first-order chi connectivity index (χ1) is 6.06. The van der Waals surface area contributed by atoms with E-state index in [0.29, 0.717) is 4.47 Å². The summed E-state index contributed by atoms with van der Waals surface area (Å²) in [5.74, 6) is -1.13. The number of carbonyl (C=O) groups is 1. The van der Waals surface area contributed by atoms with Gasteiger partial charge in [-0.3, -0.25) is 4.79 Å². The van der Waals surface area contributed by atoms with Crippen LogP contribution in [0.15, 0.2) is 16.6 Å². The number of alkyl halides is 1. The van der Waals surface area contributed by atoms with Gasteiger partial charge in [-0.25, -0.2) is 4.39 Å². The monoisotopic (exact) mass is 265 g/mol. The first-order valence-corrected chi connectivity index (χ1v) is 4.72. The van der Waals surface area contributed by atoms with E-state index >= 15 is 0 Å². The van der Waals surface area contributed by atoms with Gasteiger partial charge in [-0.2, -0.15) is 0 Å². The molecule has 70 valence electrons. The lowest BCUT2D eigenvalue weighted by molar-refractivity contribution is 0.102. The minimum Gasteiger partial charge on any atom is -0.395 e. The molecular formula is C8H6BrClFNO. The van der Waals surface area contributed by atoms with Crippen LogP contribution in [0.25, 0.3) is 0 Å². The van der Waals surface area contributed by atoms with Gasteiger partial charge in [0, 0.05) is 10.0 Å². The predicted octanol–water partition coefficient (Wildman–Crippen LogP) is 2.59. The summed E-state index contributed by atoms with van der Waals surface area (Å²) >= 11 is 8.35. The molecule has 0 saturated carbocycles. The lowest BCUT2D eigenvalue weighted by Gasteiger charge is -2.02. The molecule has 0 aromatic heterocycles. The average Bonchev–Trinajstić information content (AvgIpc) is 2.12. The van der Waals surface area contributed by atoms with E-state index in [0.717, 1.165) is 6.07 Å². The Morgan fingerprint density at radius 1 is 1.62 bits per heavy atom. The standard InChI is InChI=1S/C8H6BrClFNO/c9-5-1-4(7(13)3-10)2-6(11)8(5)12/h1-2H,3,12H2. The highest BCUT2D eigenvalue weighted by molar-refractivity contribution is 9.10. The van der Waals surface area contributed by atoms with Crippen LogP contribution in [0.5, 0.6) is 0 Å². The molecule has 1 aromatic carbocycles. The number of rotatable bonds is 2. The Kier molecular flexibility index (Phi) is 3.27. The second kappa shape index (κ2) is 4.07. The molecule has 0 heterocycles. The lowest BCUT2D eigenvalue weighted by atomic mass is 10.1. The van der Waals surface area contributed by atoms with Crippen molar-refractivity contribution in [3.05, 3.63) is 28.0 Å². The van der Waals surface area contributed by atoms with Crippen LogP contribution in [0.2, 0.25) is 0 Å². The normalized spacial score (nSPS) is 10.1. The third kappa shape index (κ3) is 2.19. The Labute approximate surface area is 88.0 Å². The second-order valence-corrected chi connectivity index (χ2v) is 3.53. The molecule has 0 spiro atoms. The molecule has 13 heavy (non-hydrogen) atoms. The fraction of sp³-hybridized carbons (Fsp3) is 0.125. The van der Waals surface area contributed by atoms with Crippen molar-refractivity contribution < 1.29 is 9.18 Å². The van der Waals surface area contributed by atoms with Gasteiger partial charge in [0.1, 0.15) is 5.82 Å². The zero-order valence-corrected chi connectivity index (χ0v) is 8.82. The van der Waals surface area contributed by atoms with Gasteiger partial charge < -0.3 is 5.73 Å². The van der Waals surface area contributed by atoms with Crippen LogP contribution in [0.1, 0.15) is 10.4 Å². The minimum absolute atomic E-state index is 0.00822. The lowest BCUT2D eigenvalue weighted by Crippen LogP contribution is -2.03. The number of nitrogen functional groups attached to an aromatic ring is 1. The maximum absolute atomic E-state index is 13.0. The Morgan fingerprint density at radius 2 is 2.23 bits per heavy atom. The van der Waals surface area contributed by atoms with Crippen LogP contribution in [-0.4, -0.2) is 11.7 Å². The van der Waals surface area contributed by atoms with Crippen LogP contribution in [0.4, 0.5) is 10.1 Å². The van der Waals surface area contributed by atoms with Crippen LogP contribution >= 0.6 is 27.5 Å². The molecule has 0 unspecified atom stereocenters. The van der Waals surface area contributed by atoms with E-state index in [9.17, 15) is 9.18 Å². The van der Waals surface area contributed by atoms with Crippen molar-refractivity contribution in [2.24, 2.45) is 0 Å². The zero-order valence-electron chi connectivity index (χ0n) is 6.48. The van der Waals surface area contributed by atoms with Crippen molar-refractivity contribution in [1.29, 1.82) is 0 Å². The van der Waals surface area contributed by atoms with Crippen molar-refractivity contribution in [2.45, 2.75) is 0 Å². The largest absolute Gasteiger partial charge is 0.395 e. The summed E-state index contributed by atoms with van der Waals surface area (Å²) in [5.41, 5.74) is 5.53. The van der Waals surface area contributed by atoms with Gasteiger partial charge in [-0.15, -0.1) is 11.6 Å². The van der Waals surface area contributed by atoms with Gasteiger partial charge in [0.25, 0.3) is 0 Å². The Bertz CT molecular complexity index is 333. The number of ketones is 1. The molecule has 0 aliphatic carbocycles. The number of hydrogen-bond donors (Lipinski definition) is 1. The minimum atomic E-state index is -0.622. The van der Waals surface area contributed by atoms with E-state index in [-0.39, 0.29) is 22.9 Å². The molecule has 2 nitrogen and oxygen atoms in total. The summed E-state index contributed by atoms with van der Waals surface area (Å²) in [4.78, 5) is 11.1. The topological polar surface area (TPSA) is 43.1 Å². The quantitative estimate of drug-likeness (QED) is 0.508. The third-order valence-electron chi connectivity index (χ3n) is 1.52. The van der Waals surface area contributed by atoms with Crippen molar-refractivity contribution in [3.8, 4) is 0 Å². The summed E-state index contributed by atoms with van der Waals surface area (Å²) < 4.78 is 13.3. The molecule has 0 fully saturated rings. The van der Waals surface area contributed by atoms with Crippen LogP contribution in [0.3, 0.4) is 0 Å². The Morgan fingerprint density at radius 3 is 2.69 bits per heavy atom.